The Morgan fingerprint density at radius 1 is 0.796 bits per heavy atom. The first-order valence-corrected chi connectivity index (χ1v) is 18.6. The molecule has 2 saturated heterocycles. The van der Waals surface area contributed by atoms with Gasteiger partial charge in [-0.05, 0) is 58.9 Å². The summed E-state index contributed by atoms with van der Waals surface area (Å²) >= 11 is 0. The van der Waals surface area contributed by atoms with Crippen molar-refractivity contribution in [1.29, 1.82) is 0 Å². The van der Waals surface area contributed by atoms with Crippen LogP contribution in [0, 0.1) is 10.1 Å². The summed E-state index contributed by atoms with van der Waals surface area (Å²) in [6.07, 6.45) is 2.29. The number of rotatable bonds is 16. The number of carbonyl (C=O) groups is 2. The maximum atomic E-state index is 12.3. The minimum Gasteiger partial charge on any atom is -0.481 e. The van der Waals surface area contributed by atoms with Gasteiger partial charge in [-0.1, -0.05) is 73.2 Å². The third-order valence-electron chi connectivity index (χ3n) is 10.1. The number of unbranched alkanes of at least 4 members (excludes halogenated alkanes) is 2. The zero-order valence-electron chi connectivity index (χ0n) is 30.3. The van der Waals surface area contributed by atoms with Gasteiger partial charge in [0.25, 0.3) is 5.69 Å². The number of hydrogen-bond acceptors (Lipinski definition) is 9. The number of anilines is 1. The van der Waals surface area contributed by atoms with Crippen molar-refractivity contribution in [3.63, 3.8) is 0 Å². The number of carboxylic acid groups (broad SMARTS) is 1. The Balaban J connectivity index is 1.07. The number of aliphatic carboxylic acids is 1. The number of carbonyl (C=O) groups excluding carboxylic acids is 1. The van der Waals surface area contributed by atoms with Crippen LogP contribution < -0.4 is 10.2 Å². The number of benzene rings is 4. The molecule has 12 nitrogen and oxygen atoms in total. The first-order chi connectivity index (χ1) is 26.2. The number of nitrogens with zero attached hydrogens (tertiary/aromatic N) is 3. The molecule has 1 amide bonds. The minimum absolute atomic E-state index is 0.0203. The van der Waals surface area contributed by atoms with Crippen LogP contribution in [0.25, 0.3) is 11.1 Å². The molecule has 12 heteroatoms. The highest BCUT2D eigenvalue weighted by Gasteiger charge is 2.34. The van der Waals surface area contributed by atoms with Crippen molar-refractivity contribution in [3.8, 4) is 11.1 Å². The molecule has 2 aliphatic heterocycles. The molecule has 6 rings (SSSR count). The van der Waals surface area contributed by atoms with E-state index < -0.39 is 12.3 Å². The Morgan fingerprint density at radius 3 is 2.19 bits per heavy atom. The first kappa shape index (κ1) is 38.6. The van der Waals surface area contributed by atoms with Crippen LogP contribution >= 0.6 is 0 Å². The fourth-order valence-electron chi connectivity index (χ4n) is 7.02. The Labute approximate surface area is 315 Å². The van der Waals surface area contributed by atoms with Gasteiger partial charge < -0.3 is 29.9 Å². The molecule has 0 aromatic heterocycles. The fourth-order valence-corrected chi connectivity index (χ4v) is 7.02. The number of nitro groups is 1. The quantitative estimate of drug-likeness (QED) is 0.0638. The Kier molecular flexibility index (Phi) is 13.4. The van der Waals surface area contributed by atoms with Crippen molar-refractivity contribution in [2.45, 2.75) is 70.2 Å². The van der Waals surface area contributed by atoms with Gasteiger partial charge in [-0.25, -0.2) is 0 Å². The summed E-state index contributed by atoms with van der Waals surface area (Å²) in [4.78, 5) is 38.4. The number of ether oxygens (including phenoxy) is 2. The van der Waals surface area contributed by atoms with E-state index in [9.17, 15) is 24.8 Å². The van der Waals surface area contributed by atoms with Crippen molar-refractivity contribution in [2.24, 2.45) is 0 Å². The molecule has 0 radical (unpaired) electrons. The second kappa shape index (κ2) is 18.8. The van der Waals surface area contributed by atoms with E-state index in [1.165, 1.54) is 0 Å². The molecule has 4 aromatic rings. The van der Waals surface area contributed by atoms with Crippen LogP contribution in [-0.2, 0) is 32.2 Å². The topological polar surface area (TPSA) is 155 Å². The molecule has 2 aliphatic rings. The van der Waals surface area contributed by atoms with Gasteiger partial charge in [-0.3, -0.25) is 24.6 Å². The number of carboxylic acids is 1. The number of aliphatic hydroxyl groups excluding tert-OH is 1. The van der Waals surface area contributed by atoms with E-state index in [1.807, 2.05) is 66.7 Å². The standard InChI is InChI=1S/C42H48N4O8/c47-29-30-9-11-33(12-10-30)39-26-38(28-44-21-23-45(24-22-44)36-17-19-37(20-18-36)46(51)52)53-42(54-39)34-15-13-32(14-16-34)35-6-4-5-31(25-35)27-43-40(48)7-2-1-3-8-41(49)50/h4-6,9-20,25,38-39,42,47H,1-3,7-8,21-24,26-29H2,(H,43,48)(H,49,50). The summed E-state index contributed by atoms with van der Waals surface area (Å²) in [5.74, 6) is -0.853. The predicted molar refractivity (Wildman–Crippen MR) is 205 cm³/mol. The smallest absolute Gasteiger partial charge is 0.303 e. The summed E-state index contributed by atoms with van der Waals surface area (Å²) in [6, 6.07) is 30.9. The van der Waals surface area contributed by atoms with Crippen LogP contribution in [0.2, 0.25) is 0 Å². The molecule has 284 valence electrons. The third kappa shape index (κ3) is 10.7. The number of non-ortho nitro benzene ring substituents is 1. The zero-order chi connectivity index (χ0) is 37.9. The summed E-state index contributed by atoms with van der Waals surface area (Å²) in [6.45, 7) is 4.43. The molecule has 3 N–H and O–H groups in total. The van der Waals surface area contributed by atoms with Gasteiger partial charge in [0.2, 0.25) is 5.91 Å². The van der Waals surface area contributed by atoms with Gasteiger partial charge in [-0.15, -0.1) is 0 Å². The molecule has 3 unspecified atom stereocenters. The highest BCUT2D eigenvalue weighted by atomic mass is 16.7. The van der Waals surface area contributed by atoms with Crippen LogP contribution in [0.5, 0.6) is 0 Å². The number of piperazine rings is 1. The predicted octanol–water partition coefficient (Wildman–Crippen LogP) is 6.77. The maximum Gasteiger partial charge on any atom is 0.303 e. The average Bonchev–Trinajstić information content (AvgIpc) is 3.20. The lowest BCUT2D eigenvalue weighted by Crippen LogP contribution is -2.49. The van der Waals surface area contributed by atoms with E-state index in [0.29, 0.717) is 38.6 Å². The van der Waals surface area contributed by atoms with E-state index in [0.717, 1.165) is 71.8 Å². The molecule has 0 saturated carbocycles. The number of amides is 1. The van der Waals surface area contributed by atoms with E-state index >= 15 is 0 Å². The maximum absolute atomic E-state index is 12.3. The van der Waals surface area contributed by atoms with Crippen molar-refractivity contribution in [2.75, 3.05) is 37.6 Å². The SMILES string of the molecule is O=C(O)CCCCCC(=O)NCc1cccc(-c2ccc(C3OC(CN4CCN(c5ccc([N+](=O)[O-])cc5)CC4)CC(c4ccc(CO)cc4)O3)cc2)c1. The normalized spacial score (nSPS) is 19.0. The van der Waals surface area contributed by atoms with Crippen molar-refractivity contribution >= 4 is 23.3 Å². The molecule has 54 heavy (non-hydrogen) atoms. The van der Waals surface area contributed by atoms with Gasteiger partial charge in [0.1, 0.15) is 0 Å². The fraction of sp³-hybridized carbons (Fsp3) is 0.381. The van der Waals surface area contributed by atoms with Crippen LogP contribution in [-0.4, -0.2) is 70.7 Å². The Morgan fingerprint density at radius 2 is 1.50 bits per heavy atom. The summed E-state index contributed by atoms with van der Waals surface area (Å²) < 4.78 is 13.2. The highest BCUT2D eigenvalue weighted by molar-refractivity contribution is 5.76. The number of nitrogens with one attached hydrogen (secondary N) is 1. The number of hydrogen-bond donors (Lipinski definition) is 3. The molecular formula is C42H48N4O8. The minimum atomic E-state index is -0.810. The molecule has 0 bridgehead atoms. The molecule has 2 fully saturated rings. The molecule has 0 spiro atoms. The van der Waals surface area contributed by atoms with E-state index in [-0.39, 0.29) is 41.8 Å². The molecule has 4 aromatic carbocycles. The molecular weight excluding hydrogens is 688 g/mol. The molecule has 0 aliphatic carbocycles. The monoisotopic (exact) mass is 736 g/mol. The van der Waals surface area contributed by atoms with Gasteiger partial charge >= 0.3 is 5.97 Å². The summed E-state index contributed by atoms with van der Waals surface area (Å²) in [7, 11) is 0. The summed E-state index contributed by atoms with van der Waals surface area (Å²) in [5, 5.41) is 32.4. The van der Waals surface area contributed by atoms with Crippen molar-refractivity contribution in [1.82, 2.24) is 10.2 Å². The van der Waals surface area contributed by atoms with E-state index in [2.05, 4.69) is 33.3 Å². The van der Waals surface area contributed by atoms with Crippen LogP contribution in [0.15, 0.2) is 97.1 Å². The number of nitro benzene ring substituents is 1. The summed E-state index contributed by atoms with van der Waals surface area (Å²) in [5.41, 5.74) is 6.90. The van der Waals surface area contributed by atoms with Crippen LogP contribution in [0.3, 0.4) is 0 Å². The lowest BCUT2D eigenvalue weighted by Gasteiger charge is -2.41. The largest absolute Gasteiger partial charge is 0.481 e. The molecule has 2 heterocycles. The van der Waals surface area contributed by atoms with Crippen molar-refractivity contribution in [3.05, 3.63) is 129 Å². The van der Waals surface area contributed by atoms with E-state index in [1.54, 1.807) is 12.1 Å². The third-order valence-corrected chi connectivity index (χ3v) is 10.1. The average molecular weight is 737 g/mol. The van der Waals surface area contributed by atoms with Gasteiger partial charge in [0, 0.05) is 81.9 Å². The Bertz CT molecular complexity index is 1840. The Hall–Kier alpha value is -5.14. The second-order valence-corrected chi connectivity index (χ2v) is 14.0. The van der Waals surface area contributed by atoms with E-state index in [4.69, 9.17) is 14.6 Å². The highest BCUT2D eigenvalue weighted by Crippen LogP contribution is 2.39. The molecule has 3 atom stereocenters. The van der Waals surface area contributed by atoms with Gasteiger partial charge in [0.05, 0.1) is 23.7 Å². The van der Waals surface area contributed by atoms with Crippen molar-refractivity contribution < 1.29 is 34.2 Å². The van der Waals surface area contributed by atoms with Gasteiger partial charge in [-0.2, -0.15) is 0 Å². The first-order valence-electron chi connectivity index (χ1n) is 18.6. The zero-order valence-corrected chi connectivity index (χ0v) is 30.3. The lowest BCUT2D eigenvalue weighted by atomic mass is 9.98. The number of aliphatic hydroxyl groups is 1. The second-order valence-electron chi connectivity index (χ2n) is 14.0. The van der Waals surface area contributed by atoms with Gasteiger partial charge in [0.15, 0.2) is 6.29 Å². The lowest BCUT2D eigenvalue weighted by molar-refractivity contribution is -0.384. The van der Waals surface area contributed by atoms with Crippen LogP contribution in [0.4, 0.5) is 11.4 Å². The van der Waals surface area contributed by atoms with Crippen LogP contribution in [0.1, 0.15) is 73.2 Å².